The molecule has 2 aromatic heterocycles. The van der Waals surface area contributed by atoms with Gasteiger partial charge in [0.25, 0.3) is 5.56 Å². The predicted octanol–water partition coefficient (Wildman–Crippen LogP) is -0.468. The van der Waals surface area contributed by atoms with Crippen LogP contribution in [0.25, 0.3) is 11.2 Å². The van der Waals surface area contributed by atoms with Crippen LogP contribution < -0.4 is 16.6 Å². The van der Waals surface area contributed by atoms with Crippen LogP contribution in [0.4, 0.5) is 0 Å². The molecule has 0 radical (unpaired) electrons. The highest BCUT2D eigenvalue weighted by Crippen LogP contribution is 2.16. The summed E-state index contributed by atoms with van der Waals surface area (Å²) in [4.78, 5) is 30.8. The first kappa shape index (κ1) is 15.0. The van der Waals surface area contributed by atoms with E-state index in [1.54, 1.807) is 13.4 Å². The molecule has 8 heteroatoms. The summed E-state index contributed by atoms with van der Waals surface area (Å²) in [6, 6.07) is 0. The summed E-state index contributed by atoms with van der Waals surface area (Å²) >= 11 is 0. The third-order valence-corrected chi connectivity index (χ3v) is 4.19. The van der Waals surface area contributed by atoms with Gasteiger partial charge in [-0.25, -0.2) is 9.78 Å². The van der Waals surface area contributed by atoms with Crippen molar-refractivity contribution >= 4 is 11.2 Å². The van der Waals surface area contributed by atoms with E-state index in [1.165, 1.54) is 4.57 Å². The number of nitrogens with zero attached hydrogens (tertiary/aromatic N) is 3. The summed E-state index contributed by atoms with van der Waals surface area (Å²) in [7, 11) is 1.57. The summed E-state index contributed by atoms with van der Waals surface area (Å²) in [5.74, 6) is 0.525. The zero-order valence-corrected chi connectivity index (χ0v) is 12.7. The van der Waals surface area contributed by atoms with Gasteiger partial charge in [0.2, 0.25) is 0 Å². The van der Waals surface area contributed by atoms with Crippen LogP contribution in [0.3, 0.4) is 0 Å². The molecule has 1 aliphatic heterocycles. The Morgan fingerprint density at radius 1 is 1.36 bits per heavy atom. The van der Waals surface area contributed by atoms with Crippen molar-refractivity contribution in [2.45, 2.75) is 25.9 Å². The molecule has 3 rings (SSSR count). The van der Waals surface area contributed by atoms with Crippen molar-refractivity contribution < 1.29 is 4.74 Å². The molecule has 1 aliphatic rings. The number of aromatic nitrogens is 4. The third-order valence-electron chi connectivity index (χ3n) is 4.19. The summed E-state index contributed by atoms with van der Waals surface area (Å²) in [5.41, 5.74) is 0.0794. The van der Waals surface area contributed by atoms with E-state index in [0.29, 0.717) is 30.2 Å². The van der Waals surface area contributed by atoms with E-state index < -0.39 is 5.69 Å². The highest BCUT2D eigenvalue weighted by atomic mass is 16.5. The van der Waals surface area contributed by atoms with Crippen molar-refractivity contribution in [2.75, 3.05) is 26.8 Å². The van der Waals surface area contributed by atoms with E-state index in [-0.39, 0.29) is 5.56 Å². The Kier molecular flexibility index (Phi) is 4.39. The van der Waals surface area contributed by atoms with Gasteiger partial charge in [0.05, 0.1) is 19.5 Å². The number of hydrogen-bond donors (Lipinski definition) is 2. The van der Waals surface area contributed by atoms with Crippen LogP contribution >= 0.6 is 0 Å². The molecule has 0 atom stereocenters. The highest BCUT2D eigenvalue weighted by Gasteiger charge is 2.18. The highest BCUT2D eigenvalue weighted by molar-refractivity contribution is 5.69. The molecule has 1 fully saturated rings. The van der Waals surface area contributed by atoms with Gasteiger partial charge in [-0.15, -0.1) is 0 Å². The van der Waals surface area contributed by atoms with Crippen molar-refractivity contribution in [2.24, 2.45) is 5.92 Å². The molecule has 3 heterocycles. The molecule has 2 aromatic rings. The van der Waals surface area contributed by atoms with E-state index in [0.717, 1.165) is 32.5 Å². The molecule has 8 nitrogen and oxygen atoms in total. The second-order valence-electron chi connectivity index (χ2n) is 5.67. The van der Waals surface area contributed by atoms with Crippen LogP contribution in [0.5, 0.6) is 0 Å². The Balaban J connectivity index is 1.98. The Morgan fingerprint density at radius 3 is 2.86 bits per heavy atom. The second kappa shape index (κ2) is 6.45. The third kappa shape index (κ3) is 2.84. The molecule has 1 saturated heterocycles. The average Bonchev–Trinajstić information content (AvgIpc) is 2.92. The minimum atomic E-state index is -0.443. The van der Waals surface area contributed by atoms with Crippen molar-refractivity contribution in [3.05, 3.63) is 27.2 Å². The number of nitrogens with one attached hydrogen (secondary N) is 2. The molecule has 0 spiro atoms. The van der Waals surface area contributed by atoms with Gasteiger partial charge in [-0.1, -0.05) is 0 Å². The van der Waals surface area contributed by atoms with Crippen LogP contribution in [-0.4, -0.2) is 45.9 Å². The van der Waals surface area contributed by atoms with Gasteiger partial charge in [-0.05, 0) is 31.8 Å². The Hall–Kier alpha value is -1.93. The van der Waals surface area contributed by atoms with Crippen LogP contribution in [0.15, 0.2) is 15.9 Å². The molecular weight excluding hydrogens is 286 g/mol. The van der Waals surface area contributed by atoms with Crippen LogP contribution in [0.1, 0.15) is 12.8 Å². The van der Waals surface area contributed by atoms with Crippen LogP contribution in [0.2, 0.25) is 0 Å². The zero-order valence-electron chi connectivity index (χ0n) is 12.7. The minimum absolute atomic E-state index is 0.368. The molecule has 2 N–H and O–H groups in total. The SMILES string of the molecule is COCCn1c(=O)[nH]c(=O)c2c1ncn2CC1CCNCC1. The smallest absolute Gasteiger partial charge is 0.330 e. The lowest BCUT2D eigenvalue weighted by Gasteiger charge is -2.22. The molecule has 120 valence electrons. The van der Waals surface area contributed by atoms with Gasteiger partial charge in [0, 0.05) is 13.7 Å². The van der Waals surface area contributed by atoms with Crippen molar-refractivity contribution in [1.29, 1.82) is 0 Å². The van der Waals surface area contributed by atoms with Gasteiger partial charge in [0.15, 0.2) is 11.2 Å². The number of hydrogen-bond acceptors (Lipinski definition) is 5. The lowest BCUT2D eigenvalue weighted by atomic mass is 9.98. The number of methoxy groups -OCH3 is 1. The van der Waals surface area contributed by atoms with Gasteiger partial charge < -0.3 is 14.6 Å². The maximum atomic E-state index is 12.2. The van der Waals surface area contributed by atoms with E-state index >= 15 is 0 Å². The zero-order chi connectivity index (χ0) is 15.5. The lowest BCUT2D eigenvalue weighted by molar-refractivity contribution is 0.187. The first-order valence-electron chi connectivity index (χ1n) is 7.58. The van der Waals surface area contributed by atoms with E-state index in [4.69, 9.17) is 4.74 Å². The largest absolute Gasteiger partial charge is 0.383 e. The second-order valence-corrected chi connectivity index (χ2v) is 5.67. The fourth-order valence-electron chi connectivity index (χ4n) is 2.99. The summed E-state index contributed by atoms with van der Waals surface area (Å²) < 4.78 is 8.34. The first-order chi connectivity index (χ1) is 10.7. The number of aromatic amines is 1. The van der Waals surface area contributed by atoms with E-state index in [9.17, 15) is 9.59 Å². The van der Waals surface area contributed by atoms with Crippen LogP contribution in [0, 0.1) is 5.92 Å². The fraction of sp³-hybridized carbons (Fsp3) is 0.643. The maximum absolute atomic E-state index is 12.2. The Morgan fingerprint density at radius 2 is 2.14 bits per heavy atom. The molecule has 0 aromatic carbocycles. The minimum Gasteiger partial charge on any atom is -0.383 e. The van der Waals surface area contributed by atoms with E-state index in [1.807, 2.05) is 4.57 Å². The van der Waals surface area contributed by atoms with Crippen LogP contribution in [-0.2, 0) is 17.8 Å². The topological polar surface area (TPSA) is 93.9 Å². The maximum Gasteiger partial charge on any atom is 0.330 e. The summed E-state index contributed by atoms with van der Waals surface area (Å²) in [5, 5.41) is 3.33. The Labute approximate surface area is 127 Å². The number of rotatable bonds is 5. The number of fused-ring (bicyclic) bond motifs is 1. The molecule has 0 saturated carbocycles. The summed E-state index contributed by atoms with van der Waals surface area (Å²) in [6.45, 7) is 3.53. The quantitative estimate of drug-likeness (QED) is 0.779. The van der Waals surface area contributed by atoms with Gasteiger partial charge in [0.1, 0.15) is 0 Å². The molecule has 0 bridgehead atoms. The Bertz CT molecular complexity index is 754. The number of piperidine rings is 1. The normalized spacial score (nSPS) is 16.4. The average molecular weight is 307 g/mol. The molecular formula is C14H21N5O3. The first-order valence-corrected chi connectivity index (χ1v) is 7.58. The van der Waals surface area contributed by atoms with Gasteiger partial charge in [-0.2, -0.15) is 0 Å². The van der Waals surface area contributed by atoms with Crippen molar-refractivity contribution in [3.63, 3.8) is 0 Å². The number of H-pyrrole nitrogens is 1. The monoisotopic (exact) mass is 307 g/mol. The van der Waals surface area contributed by atoms with Crippen molar-refractivity contribution in [1.82, 2.24) is 24.4 Å². The number of imidazole rings is 1. The lowest BCUT2D eigenvalue weighted by Crippen LogP contribution is -2.33. The number of ether oxygens (including phenoxy) is 1. The summed E-state index contributed by atoms with van der Waals surface area (Å²) in [6.07, 6.45) is 3.83. The van der Waals surface area contributed by atoms with Crippen molar-refractivity contribution in [3.8, 4) is 0 Å². The molecule has 0 amide bonds. The van der Waals surface area contributed by atoms with Gasteiger partial charge >= 0.3 is 5.69 Å². The molecule has 0 aliphatic carbocycles. The van der Waals surface area contributed by atoms with E-state index in [2.05, 4.69) is 15.3 Å². The standard InChI is InChI=1S/C14H21N5O3/c1-22-7-6-19-12-11(13(20)17-14(19)21)18(9-16-12)8-10-2-4-15-5-3-10/h9-10,15H,2-8H2,1H3,(H,17,20,21). The molecule has 22 heavy (non-hydrogen) atoms. The predicted molar refractivity (Wildman–Crippen MR) is 82.1 cm³/mol. The molecule has 0 unspecified atom stereocenters. The van der Waals surface area contributed by atoms with Gasteiger partial charge in [-0.3, -0.25) is 14.3 Å². The fourth-order valence-corrected chi connectivity index (χ4v) is 2.99.